The Morgan fingerprint density at radius 2 is 1.71 bits per heavy atom. The number of carbonyl (C=O) groups is 1. The fourth-order valence-corrected chi connectivity index (χ4v) is 1.19. The van der Waals surface area contributed by atoms with Crippen molar-refractivity contribution in [3.8, 4) is 0 Å². The van der Waals surface area contributed by atoms with Gasteiger partial charge in [-0.15, -0.1) is 5.46 Å². The molecule has 0 saturated heterocycles. The summed E-state index contributed by atoms with van der Waals surface area (Å²) in [4.78, 5) is 10.5. The van der Waals surface area contributed by atoms with Crippen LogP contribution >= 0.6 is 0 Å². The van der Waals surface area contributed by atoms with Crippen molar-refractivity contribution in [3.63, 3.8) is 0 Å². The van der Waals surface area contributed by atoms with Gasteiger partial charge in [-0.25, -0.2) is 4.79 Å². The van der Waals surface area contributed by atoms with E-state index in [1.54, 1.807) is 0 Å². The molecule has 0 heterocycles. The van der Waals surface area contributed by atoms with Gasteiger partial charge in [-0.2, -0.15) is 13.2 Å². The van der Waals surface area contributed by atoms with E-state index in [1.165, 1.54) is 0 Å². The van der Waals surface area contributed by atoms with Gasteiger partial charge in [0, 0.05) is 0 Å². The van der Waals surface area contributed by atoms with Gasteiger partial charge in [0.25, 0.3) is 0 Å². The first kappa shape index (κ1) is 13.4. The first-order valence-corrected chi connectivity index (χ1v) is 4.18. The Kier molecular flexibility index (Phi) is 3.13. The molecule has 2 nitrogen and oxygen atoms in total. The first-order valence-electron chi connectivity index (χ1n) is 4.18. The quantitative estimate of drug-likeness (QED) is 0.652. The van der Waals surface area contributed by atoms with Crippen LogP contribution in [-0.2, 0) is 6.18 Å². The minimum Gasteiger partial charge on any atom is -0.478 e. The third kappa shape index (κ3) is 2.92. The maximum absolute atomic E-state index is 12.3. The zero-order valence-corrected chi connectivity index (χ0v) is 7.93. The van der Waals surface area contributed by atoms with Gasteiger partial charge in [0.2, 0.25) is 0 Å². The normalized spacial score (nSPS) is 12.6. The molecule has 0 amide bonds. The largest absolute Gasteiger partial charge is 0.509 e. The van der Waals surface area contributed by atoms with Crippen LogP contribution in [0.4, 0.5) is 26.1 Å². The SMILES string of the molecule is O=C(O)c1cc([B-](F)(F)F)ccc1C(F)(F)F. The van der Waals surface area contributed by atoms with Crippen LogP contribution < -0.4 is 5.46 Å². The molecule has 0 fully saturated rings. The van der Waals surface area contributed by atoms with E-state index in [-0.39, 0.29) is 18.2 Å². The second-order valence-electron chi connectivity index (χ2n) is 3.18. The molecular formula is C8H4BF6O2-. The van der Waals surface area contributed by atoms with E-state index < -0.39 is 35.7 Å². The standard InChI is InChI=1S/C8H4BF6O2/c10-8(11,12)6-2-1-4(9(13,14)15)3-5(6)7(16)17/h1-3H,(H,16,17)/q-1. The van der Waals surface area contributed by atoms with Gasteiger partial charge in [-0.1, -0.05) is 18.2 Å². The number of carboxylic acid groups (broad SMARTS) is 1. The Hall–Kier alpha value is -1.67. The summed E-state index contributed by atoms with van der Waals surface area (Å²) < 4.78 is 73.6. The molecular weight excluding hydrogens is 253 g/mol. The molecule has 17 heavy (non-hydrogen) atoms. The molecule has 0 atom stereocenters. The van der Waals surface area contributed by atoms with Gasteiger partial charge in [-0.05, 0) is 0 Å². The summed E-state index contributed by atoms with van der Waals surface area (Å²) in [7, 11) is 0. The lowest BCUT2D eigenvalue weighted by molar-refractivity contribution is -0.138. The molecule has 0 saturated carbocycles. The Labute approximate surface area is 90.9 Å². The van der Waals surface area contributed by atoms with Crippen LogP contribution in [0.15, 0.2) is 18.2 Å². The molecule has 0 aliphatic carbocycles. The molecule has 0 aliphatic rings. The number of aromatic carboxylic acids is 1. The highest BCUT2D eigenvalue weighted by Gasteiger charge is 2.36. The van der Waals surface area contributed by atoms with Crippen molar-refractivity contribution in [2.45, 2.75) is 6.18 Å². The van der Waals surface area contributed by atoms with E-state index in [9.17, 15) is 30.9 Å². The van der Waals surface area contributed by atoms with Crippen LogP contribution in [0.2, 0.25) is 0 Å². The highest BCUT2D eigenvalue weighted by molar-refractivity contribution is 6.73. The monoisotopic (exact) mass is 257 g/mol. The highest BCUT2D eigenvalue weighted by Crippen LogP contribution is 2.32. The summed E-state index contributed by atoms with van der Waals surface area (Å²) in [5.41, 5.74) is -4.39. The molecule has 0 aromatic heterocycles. The van der Waals surface area contributed by atoms with Gasteiger partial charge in [0.15, 0.2) is 0 Å². The zero-order valence-electron chi connectivity index (χ0n) is 7.93. The summed E-state index contributed by atoms with van der Waals surface area (Å²) >= 11 is 0. The third-order valence-corrected chi connectivity index (χ3v) is 1.96. The Morgan fingerprint density at radius 1 is 1.18 bits per heavy atom. The molecule has 0 bridgehead atoms. The van der Waals surface area contributed by atoms with Crippen molar-refractivity contribution in [2.24, 2.45) is 0 Å². The lowest BCUT2D eigenvalue weighted by Gasteiger charge is -2.17. The first-order chi connectivity index (χ1) is 7.53. The maximum Gasteiger partial charge on any atom is 0.509 e. The molecule has 0 spiro atoms. The Balaban J connectivity index is 3.43. The van der Waals surface area contributed by atoms with E-state index >= 15 is 0 Å². The number of halogens is 6. The van der Waals surface area contributed by atoms with Crippen molar-refractivity contribution in [3.05, 3.63) is 29.3 Å². The van der Waals surface area contributed by atoms with Gasteiger partial charge < -0.3 is 18.1 Å². The van der Waals surface area contributed by atoms with Crippen molar-refractivity contribution < 1.29 is 36.0 Å². The molecule has 0 unspecified atom stereocenters. The summed E-state index contributed by atoms with van der Waals surface area (Å²) in [6.07, 6.45) is -5.01. The lowest BCUT2D eigenvalue weighted by atomic mass is 9.78. The average Bonchev–Trinajstić information content (AvgIpc) is 2.14. The highest BCUT2D eigenvalue weighted by atomic mass is 19.4. The van der Waals surface area contributed by atoms with Crippen LogP contribution in [0, 0.1) is 0 Å². The van der Waals surface area contributed by atoms with Crippen molar-refractivity contribution in [1.82, 2.24) is 0 Å². The van der Waals surface area contributed by atoms with Crippen LogP contribution in [-0.4, -0.2) is 18.1 Å². The van der Waals surface area contributed by atoms with Gasteiger partial charge in [0.1, 0.15) is 0 Å². The number of hydrogen-bond donors (Lipinski definition) is 1. The average molecular weight is 257 g/mol. The van der Waals surface area contributed by atoms with Crippen molar-refractivity contribution >= 4 is 18.4 Å². The van der Waals surface area contributed by atoms with E-state index in [2.05, 4.69) is 0 Å². The van der Waals surface area contributed by atoms with Crippen LogP contribution in [0.3, 0.4) is 0 Å². The summed E-state index contributed by atoms with van der Waals surface area (Å²) in [5, 5.41) is 8.46. The number of benzene rings is 1. The van der Waals surface area contributed by atoms with Gasteiger partial charge in [-0.3, -0.25) is 0 Å². The molecule has 1 rings (SSSR count). The third-order valence-electron chi connectivity index (χ3n) is 1.96. The molecule has 0 aliphatic heterocycles. The molecule has 1 aromatic rings. The van der Waals surface area contributed by atoms with Crippen molar-refractivity contribution in [2.75, 3.05) is 0 Å². The van der Waals surface area contributed by atoms with E-state index in [4.69, 9.17) is 5.11 Å². The zero-order chi connectivity index (χ0) is 13.4. The predicted octanol–water partition coefficient (Wildman–Crippen LogP) is 2.46. The number of hydrogen-bond acceptors (Lipinski definition) is 1. The number of alkyl halides is 3. The second kappa shape index (κ2) is 3.97. The van der Waals surface area contributed by atoms with Crippen LogP contribution in [0.5, 0.6) is 0 Å². The fraction of sp³-hybridized carbons (Fsp3) is 0.125. The van der Waals surface area contributed by atoms with Gasteiger partial charge >= 0.3 is 19.1 Å². The smallest absolute Gasteiger partial charge is 0.478 e. The van der Waals surface area contributed by atoms with Crippen LogP contribution in [0.1, 0.15) is 15.9 Å². The lowest BCUT2D eigenvalue weighted by Crippen LogP contribution is -2.35. The van der Waals surface area contributed by atoms with Crippen molar-refractivity contribution in [1.29, 1.82) is 0 Å². The van der Waals surface area contributed by atoms with E-state index in [1.807, 2.05) is 0 Å². The molecule has 9 heteroatoms. The topological polar surface area (TPSA) is 37.3 Å². The summed E-state index contributed by atoms with van der Waals surface area (Å²) in [5.74, 6) is -2.06. The fourth-order valence-electron chi connectivity index (χ4n) is 1.19. The minimum atomic E-state index is -5.54. The van der Waals surface area contributed by atoms with E-state index in [0.717, 1.165) is 0 Å². The Bertz CT molecular complexity index is 450. The number of rotatable bonds is 2. The predicted molar refractivity (Wildman–Crippen MR) is 47.1 cm³/mol. The summed E-state index contributed by atoms with van der Waals surface area (Å²) in [6.45, 7) is -5.54. The molecule has 1 aromatic carbocycles. The number of carboxylic acids is 1. The second-order valence-corrected chi connectivity index (χ2v) is 3.18. The van der Waals surface area contributed by atoms with Crippen LogP contribution in [0.25, 0.3) is 0 Å². The van der Waals surface area contributed by atoms with Gasteiger partial charge in [0.05, 0.1) is 11.1 Å². The molecule has 0 radical (unpaired) electrons. The molecule has 1 N–H and O–H groups in total. The summed E-state index contributed by atoms with van der Waals surface area (Å²) in [6, 6.07) is 0.328. The minimum absolute atomic E-state index is 0.00877. The maximum atomic E-state index is 12.3. The van der Waals surface area contributed by atoms with E-state index in [0.29, 0.717) is 0 Å². The molecule has 94 valence electrons. The Morgan fingerprint density at radius 3 is 2.06 bits per heavy atom.